The summed E-state index contributed by atoms with van der Waals surface area (Å²) in [5.41, 5.74) is 1.83. The van der Waals surface area contributed by atoms with Crippen LogP contribution in [0.4, 0.5) is 5.69 Å². The predicted molar refractivity (Wildman–Crippen MR) is 91.7 cm³/mol. The van der Waals surface area contributed by atoms with Crippen LogP contribution in [0.1, 0.15) is 11.1 Å². The summed E-state index contributed by atoms with van der Waals surface area (Å²) in [4.78, 5) is 10.6. The molecule has 0 amide bonds. The molecule has 0 aliphatic heterocycles. The summed E-state index contributed by atoms with van der Waals surface area (Å²) in [6.45, 7) is 1.85. The van der Waals surface area contributed by atoms with E-state index in [4.69, 9.17) is 9.84 Å². The molecular formula is C17H17NO5S. The maximum atomic E-state index is 12.5. The van der Waals surface area contributed by atoms with Crippen LogP contribution in [0.15, 0.2) is 53.4 Å². The van der Waals surface area contributed by atoms with Gasteiger partial charge in [0, 0.05) is 6.08 Å². The van der Waals surface area contributed by atoms with Gasteiger partial charge < -0.3 is 9.84 Å². The molecule has 0 heterocycles. The van der Waals surface area contributed by atoms with Crippen LogP contribution >= 0.6 is 0 Å². The van der Waals surface area contributed by atoms with E-state index in [1.165, 1.54) is 37.5 Å². The number of anilines is 1. The molecule has 0 saturated heterocycles. The van der Waals surface area contributed by atoms with Gasteiger partial charge in [-0.1, -0.05) is 18.2 Å². The number of aryl methyl sites for hydroxylation is 1. The third-order valence-corrected chi connectivity index (χ3v) is 4.59. The average molecular weight is 347 g/mol. The standard InChI is InChI=1S/C17H17NO5S/c1-12-3-9-16(23-2)15(11-12)18-24(21,22)14-7-4-13(5-8-14)6-10-17(19)20/h3-11,18H,1-2H3,(H,19,20)/b10-6+. The molecule has 0 aliphatic carbocycles. The third-order valence-electron chi connectivity index (χ3n) is 3.21. The van der Waals surface area contributed by atoms with Crippen LogP contribution in [0.3, 0.4) is 0 Å². The Hall–Kier alpha value is -2.80. The zero-order valence-electron chi connectivity index (χ0n) is 13.2. The highest BCUT2D eigenvalue weighted by Gasteiger charge is 2.16. The second-order valence-electron chi connectivity index (χ2n) is 5.05. The fourth-order valence-electron chi connectivity index (χ4n) is 2.03. The lowest BCUT2D eigenvalue weighted by atomic mass is 10.2. The van der Waals surface area contributed by atoms with E-state index in [-0.39, 0.29) is 4.90 Å². The number of hydrogen-bond acceptors (Lipinski definition) is 4. The summed E-state index contributed by atoms with van der Waals surface area (Å²) in [5, 5.41) is 8.59. The number of benzene rings is 2. The Morgan fingerprint density at radius 2 is 1.83 bits per heavy atom. The number of carboxylic acids is 1. The van der Waals surface area contributed by atoms with Gasteiger partial charge in [0.25, 0.3) is 10.0 Å². The van der Waals surface area contributed by atoms with E-state index in [0.29, 0.717) is 17.0 Å². The molecule has 2 rings (SSSR count). The summed E-state index contributed by atoms with van der Waals surface area (Å²) < 4.78 is 32.6. The van der Waals surface area contributed by atoms with Crippen molar-refractivity contribution in [1.29, 1.82) is 0 Å². The van der Waals surface area contributed by atoms with Crippen LogP contribution in [-0.4, -0.2) is 26.6 Å². The van der Waals surface area contributed by atoms with Gasteiger partial charge >= 0.3 is 5.97 Å². The average Bonchev–Trinajstić information content (AvgIpc) is 2.53. The van der Waals surface area contributed by atoms with Crippen molar-refractivity contribution in [3.63, 3.8) is 0 Å². The third kappa shape index (κ3) is 4.36. The molecule has 0 aromatic heterocycles. The smallest absolute Gasteiger partial charge is 0.328 e. The molecule has 0 fully saturated rings. The molecule has 0 bridgehead atoms. The largest absolute Gasteiger partial charge is 0.495 e. The zero-order valence-corrected chi connectivity index (χ0v) is 14.0. The van der Waals surface area contributed by atoms with E-state index in [0.717, 1.165) is 11.6 Å². The quantitative estimate of drug-likeness (QED) is 0.784. The van der Waals surface area contributed by atoms with E-state index in [1.54, 1.807) is 12.1 Å². The minimum atomic E-state index is -3.78. The molecule has 0 aliphatic rings. The lowest BCUT2D eigenvalue weighted by Crippen LogP contribution is -2.13. The zero-order chi connectivity index (χ0) is 17.7. The lowest BCUT2D eigenvalue weighted by Gasteiger charge is -2.12. The van der Waals surface area contributed by atoms with Crippen molar-refractivity contribution in [2.75, 3.05) is 11.8 Å². The van der Waals surface area contributed by atoms with Crippen LogP contribution in [0.25, 0.3) is 6.08 Å². The molecule has 6 nitrogen and oxygen atoms in total. The molecule has 0 unspecified atom stereocenters. The van der Waals surface area contributed by atoms with Crippen molar-refractivity contribution in [3.05, 3.63) is 59.7 Å². The Balaban J connectivity index is 2.28. The van der Waals surface area contributed by atoms with Crippen LogP contribution in [0, 0.1) is 6.92 Å². The monoisotopic (exact) mass is 347 g/mol. The highest BCUT2D eigenvalue weighted by molar-refractivity contribution is 7.92. The fraction of sp³-hybridized carbons (Fsp3) is 0.118. The number of carboxylic acid groups (broad SMARTS) is 1. The maximum absolute atomic E-state index is 12.5. The normalized spacial score (nSPS) is 11.4. The number of carbonyl (C=O) groups is 1. The van der Waals surface area contributed by atoms with E-state index in [9.17, 15) is 13.2 Å². The summed E-state index contributed by atoms with van der Waals surface area (Å²) in [5.74, 6) is -0.648. The van der Waals surface area contributed by atoms with Crippen molar-refractivity contribution in [3.8, 4) is 5.75 Å². The van der Waals surface area contributed by atoms with Gasteiger partial charge in [-0.25, -0.2) is 13.2 Å². The Kier molecular flexibility index (Phi) is 5.25. The van der Waals surface area contributed by atoms with Gasteiger partial charge in [-0.2, -0.15) is 0 Å². The first-order chi connectivity index (χ1) is 11.3. The van der Waals surface area contributed by atoms with Gasteiger partial charge in [0.05, 0.1) is 17.7 Å². The summed E-state index contributed by atoms with van der Waals surface area (Å²) in [6, 6.07) is 11.1. The number of hydrogen-bond donors (Lipinski definition) is 2. The Morgan fingerprint density at radius 3 is 2.42 bits per heavy atom. The maximum Gasteiger partial charge on any atom is 0.328 e. The number of nitrogens with one attached hydrogen (secondary N) is 1. The van der Waals surface area contributed by atoms with Gasteiger partial charge in [0.15, 0.2) is 0 Å². The highest BCUT2D eigenvalue weighted by Crippen LogP contribution is 2.27. The van der Waals surface area contributed by atoms with Crippen molar-refractivity contribution >= 4 is 27.8 Å². The first-order valence-corrected chi connectivity index (χ1v) is 8.48. The van der Waals surface area contributed by atoms with Crippen molar-refractivity contribution in [2.45, 2.75) is 11.8 Å². The highest BCUT2D eigenvalue weighted by atomic mass is 32.2. The lowest BCUT2D eigenvalue weighted by molar-refractivity contribution is -0.131. The summed E-state index contributed by atoms with van der Waals surface area (Å²) in [7, 11) is -2.32. The molecule has 7 heteroatoms. The summed E-state index contributed by atoms with van der Waals surface area (Å²) in [6.07, 6.45) is 2.37. The second-order valence-corrected chi connectivity index (χ2v) is 6.73. The molecule has 24 heavy (non-hydrogen) atoms. The number of rotatable bonds is 6. The molecule has 2 aromatic rings. The molecule has 0 radical (unpaired) electrons. The summed E-state index contributed by atoms with van der Waals surface area (Å²) >= 11 is 0. The molecule has 2 aromatic carbocycles. The van der Waals surface area contributed by atoms with E-state index >= 15 is 0 Å². The fourth-order valence-corrected chi connectivity index (χ4v) is 3.09. The van der Waals surface area contributed by atoms with Crippen LogP contribution in [-0.2, 0) is 14.8 Å². The molecule has 2 N–H and O–H groups in total. The first-order valence-electron chi connectivity index (χ1n) is 7.00. The van der Waals surface area contributed by atoms with Crippen LogP contribution in [0.5, 0.6) is 5.75 Å². The molecular weight excluding hydrogens is 330 g/mol. The predicted octanol–water partition coefficient (Wildman–Crippen LogP) is 2.90. The topological polar surface area (TPSA) is 92.7 Å². The van der Waals surface area contributed by atoms with Gasteiger partial charge in [-0.05, 0) is 48.4 Å². The second kappa shape index (κ2) is 7.18. The number of aliphatic carboxylic acids is 1. The van der Waals surface area contributed by atoms with Crippen LogP contribution in [0.2, 0.25) is 0 Å². The number of sulfonamides is 1. The number of ether oxygens (including phenoxy) is 1. The SMILES string of the molecule is COc1ccc(C)cc1NS(=O)(=O)c1ccc(/C=C/C(=O)O)cc1. The van der Waals surface area contributed by atoms with Crippen molar-refractivity contribution in [1.82, 2.24) is 0 Å². The molecule has 0 spiro atoms. The number of methoxy groups -OCH3 is 1. The minimum Gasteiger partial charge on any atom is -0.495 e. The van der Waals surface area contributed by atoms with Crippen molar-refractivity contribution in [2.24, 2.45) is 0 Å². The first kappa shape index (κ1) is 17.6. The van der Waals surface area contributed by atoms with E-state index < -0.39 is 16.0 Å². The molecule has 0 saturated carbocycles. The van der Waals surface area contributed by atoms with Crippen molar-refractivity contribution < 1.29 is 23.1 Å². The van der Waals surface area contributed by atoms with E-state index in [1.807, 2.05) is 13.0 Å². The van der Waals surface area contributed by atoms with Crippen LogP contribution < -0.4 is 9.46 Å². The Bertz CT molecular complexity index is 870. The Morgan fingerprint density at radius 1 is 1.17 bits per heavy atom. The van der Waals surface area contributed by atoms with Gasteiger partial charge in [-0.15, -0.1) is 0 Å². The Labute approximate surface area is 140 Å². The van der Waals surface area contributed by atoms with Gasteiger partial charge in [0.1, 0.15) is 5.75 Å². The van der Waals surface area contributed by atoms with Gasteiger partial charge in [-0.3, -0.25) is 4.72 Å². The minimum absolute atomic E-state index is 0.0681. The van der Waals surface area contributed by atoms with E-state index in [2.05, 4.69) is 4.72 Å². The molecule has 0 atom stereocenters. The van der Waals surface area contributed by atoms with Gasteiger partial charge in [0.2, 0.25) is 0 Å². The molecule has 126 valence electrons.